The molecule has 25 heavy (non-hydrogen) atoms. The largest absolute Gasteiger partial charge is 0.352 e. The van der Waals surface area contributed by atoms with Gasteiger partial charge in [0.15, 0.2) is 0 Å². The molecule has 1 saturated heterocycles. The summed E-state index contributed by atoms with van der Waals surface area (Å²) >= 11 is 0. The molecule has 2 aliphatic rings. The number of fused-ring (bicyclic) bond motifs is 1. The van der Waals surface area contributed by atoms with Gasteiger partial charge in [0.25, 0.3) is 10.0 Å². The SMILES string of the molecule is CC(CC(=O)NC1CCCNC1)N=C1NS(=O)(=O)c2ccccc21.Cl. The highest BCUT2D eigenvalue weighted by atomic mass is 35.5. The smallest absolute Gasteiger partial charge is 0.263 e. The minimum absolute atomic E-state index is 0. The fraction of sp³-hybridized carbons (Fsp3) is 0.500. The Kier molecular flexibility index (Phi) is 6.42. The van der Waals surface area contributed by atoms with Crippen LogP contribution >= 0.6 is 12.4 Å². The summed E-state index contributed by atoms with van der Waals surface area (Å²) in [5.41, 5.74) is 0.557. The number of rotatable bonds is 4. The van der Waals surface area contributed by atoms with E-state index in [4.69, 9.17) is 0 Å². The predicted molar refractivity (Wildman–Crippen MR) is 98.7 cm³/mol. The first-order valence-electron chi connectivity index (χ1n) is 8.16. The number of benzene rings is 1. The molecule has 138 valence electrons. The Labute approximate surface area is 154 Å². The first-order valence-corrected chi connectivity index (χ1v) is 9.64. The second-order valence-corrected chi connectivity index (χ2v) is 7.89. The Bertz CT molecular complexity index is 760. The third-order valence-electron chi connectivity index (χ3n) is 4.16. The lowest BCUT2D eigenvalue weighted by molar-refractivity contribution is -0.122. The number of aliphatic imine (C=N–C) groups is 1. The lowest BCUT2D eigenvalue weighted by Crippen LogP contribution is -2.46. The molecule has 1 fully saturated rings. The monoisotopic (exact) mass is 386 g/mol. The van der Waals surface area contributed by atoms with Crippen molar-refractivity contribution in [3.05, 3.63) is 29.8 Å². The van der Waals surface area contributed by atoms with E-state index in [1.807, 2.05) is 0 Å². The van der Waals surface area contributed by atoms with Gasteiger partial charge in [-0.3, -0.25) is 14.5 Å². The Morgan fingerprint density at radius 1 is 1.40 bits per heavy atom. The van der Waals surface area contributed by atoms with Crippen LogP contribution in [0.2, 0.25) is 0 Å². The molecule has 1 amide bonds. The van der Waals surface area contributed by atoms with E-state index in [-0.39, 0.29) is 41.7 Å². The van der Waals surface area contributed by atoms with Crippen molar-refractivity contribution < 1.29 is 13.2 Å². The molecule has 2 aliphatic heterocycles. The average Bonchev–Trinajstić information content (AvgIpc) is 2.79. The van der Waals surface area contributed by atoms with E-state index in [1.54, 1.807) is 31.2 Å². The maximum Gasteiger partial charge on any atom is 0.263 e. The van der Waals surface area contributed by atoms with E-state index in [1.165, 1.54) is 0 Å². The van der Waals surface area contributed by atoms with Crippen LogP contribution in [0.15, 0.2) is 34.2 Å². The molecule has 0 radical (unpaired) electrons. The Hall–Kier alpha value is -1.64. The highest BCUT2D eigenvalue weighted by Crippen LogP contribution is 2.22. The number of amidine groups is 1. The summed E-state index contributed by atoms with van der Waals surface area (Å²) in [5.74, 6) is 0.250. The van der Waals surface area contributed by atoms with Crippen LogP contribution in [0.4, 0.5) is 0 Å². The number of sulfonamides is 1. The standard InChI is InChI=1S/C16H22N4O3S.ClH/c1-11(9-15(21)19-12-5-4-8-17-10-12)18-16-13-6-2-3-7-14(13)24(22,23)20-16;/h2-3,6-7,11-12,17H,4-5,8-10H2,1H3,(H,18,20)(H,19,21);1H. The third kappa shape index (κ3) is 4.71. The molecule has 0 saturated carbocycles. The van der Waals surface area contributed by atoms with Gasteiger partial charge in [-0.05, 0) is 38.4 Å². The fourth-order valence-corrected chi connectivity index (χ4v) is 4.26. The molecule has 9 heteroatoms. The summed E-state index contributed by atoms with van der Waals surface area (Å²) in [6.45, 7) is 3.60. The second-order valence-electron chi connectivity index (χ2n) is 6.24. The minimum atomic E-state index is -3.54. The summed E-state index contributed by atoms with van der Waals surface area (Å²) < 4.78 is 26.6. The number of hydrogen-bond donors (Lipinski definition) is 3. The van der Waals surface area contributed by atoms with Gasteiger partial charge in [-0.1, -0.05) is 12.1 Å². The molecule has 3 rings (SSSR count). The van der Waals surface area contributed by atoms with Crippen molar-refractivity contribution >= 4 is 34.2 Å². The average molecular weight is 387 g/mol. The minimum Gasteiger partial charge on any atom is -0.352 e. The Morgan fingerprint density at radius 2 is 2.16 bits per heavy atom. The summed E-state index contributed by atoms with van der Waals surface area (Å²) in [7, 11) is -3.54. The molecule has 0 aromatic heterocycles. The van der Waals surface area contributed by atoms with Gasteiger partial charge in [-0.25, -0.2) is 8.42 Å². The third-order valence-corrected chi connectivity index (χ3v) is 5.55. The highest BCUT2D eigenvalue weighted by molar-refractivity contribution is 7.90. The number of carbonyl (C=O) groups is 1. The van der Waals surface area contributed by atoms with Crippen molar-refractivity contribution in [2.24, 2.45) is 4.99 Å². The van der Waals surface area contributed by atoms with Crippen LogP contribution in [0.25, 0.3) is 0 Å². The number of nitrogens with one attached hydrogen (secondary N) is 3. The molecule has 0 spiro atoms. The maximum atomic E-state index is 12.1. The van der Waals surface area contributed by atoms with Crippen LogP contribution < -0.4 is 15.4 Å². The number of amides is 1. The van der Waals surface area contributed by atoms with Crippen molar-refractivity contribution in [3.63, 3.8) is 0 Å². The summed E-state index contributed by atoms with van der Waals surface area (Å²) in [4.78, 5) is 16.7. The predicted octanol–water partition coefficient (Wildman–Crippen LogP) is 0.794. The van der Waals surface area contributed by atoms with E-state index in [9.17, 15) is 13.2 Å². The molecule has 1 aromatic rings. The Morgan fingerprint density at radius 3 is 2.88 bits per heavy atom. The van der Waals surface area contributed by atoms with Gasteiger partial charge in [-0.15, -0.1) is 12.4 Å². The number of piperidine rings is 1. The molecule has 3 N–H and O–H groups in total. The van der Waals surface area contributed by atoms with E-state index in [0.29, 0.717) is 11.4 Å². The van der Waals surface area contributed by atoms with Crippen molar-refractivity contribution in [2.75, 3.05) is 13.1 Å². The van der Waals surface area contributed by atoms with E-state index in [2.05, 4.69) is 20.3 Å². The first kappa shape index (κ1) is 19.7. The van der Waals surface area contributed by atoms with Crippen LogP contribution in [-0.4, -0.2) is 45.3 Å². The highest BCUT2D eigenvalue weighted by Gasteiger charge is 2.30. The van der Waals surface area contributed by atoms with Crippen LogP contribution in [0.5, 0.6) is 0 Å². The normalized spacial score (nSPS) is 23.9. The van der Waals surface area contributed by atoms with Crippen molar-refractivity contribution in [3.8, 4) is 0 Å². The number of halogens is 1. The van der Waals surface area contributed by atoms with Crippen LogP contribution in [0.1, 0.15) is 31.7 Å². The lowest BCUT2D eigenvalue weighted by atomic mass is 10.1. The number of carbonyl (C=O) groups excluding carboxylic acids is 1. The molecule has 0 bridgehead atoms. The number of nitrogens with zero attached hydrogens (tertiary/aromatic N) is 1. The van der Waals surface area contributed by atoms with Gasteiger partial charge in [0.05, 0.1) is 10.9 Å². The molecular formula is C16H23ClN4O3S. The zero-order valence-corrected chi connectivity index (χ0v) is 15.6. The topological polar surface area (TPSA) is 99.7 Å². The van der Waals surface area contributed by atoms with Gasteiger partial charge in [-0.2, -0.15) is 0 Å². The zero-order chi connectivity index (χ0) is 17.2. The summed E-state index contributed by atoms with van der Waals surface area (Å²) in [6, 6.07) is 6.56. The molecular weight excluding hydrogens is 364 g/mol. The zero-order valence-electron chi connectivity index (χ0n) is 14.0. The first-order chi connectivity index (χ1) is 11.5. The van der Waals surface area contributed by atoms with Crippen LogP contribution in [0, 0.1) is 0 Å². The molecule has 2 heterocycles. The maximum absolute atomic E-state index is 12.1. The quantitative estimate of drug-likeness (QED) is 0.712. The van der Waals surface area contributed by atoms with E-state index in [0.717, 1.165) is 25.9 Å². The van der Waals surface area contributed by atoms with Gasteiger partial charge < -0.3 is 10.6 Å². The van der Waals surface area contributed by atoms with E-state index >= 15 is 0 Å². The molecule has 1 aromatic carbocycles. The fourth-order valence-electron chi connectivity index (χ4n) is 3.03. The van der Waals surface area contributed by atoms with Crippen molar-refractivity contribution in [2.45, 2.75) is 43.2 Å². The summed E-state index contributed by atoms with van der Waals surface area (Å²) in [5, 5.41) is 6.25. The van der Waals surface area contributed by atoms with Gasteiger partial charge in [0.2, 0.25) is 5.91 Å². The molecule has 7 nitrogen and oxygen atoms in total. The van der Waals surface area contributed by atoms with E-state index < -0.39 is 10.0 Å². The lowest BCUT2D eigenvalue weighted by Gasteiger charge is -2.24. The molecule has 2 unspecified atom stereocenters. The number of hydrogen-bond acceptors (Lipinski definition) is 5. The van der Waals surface area contributed by atoms with Gasteiger partial charge in [0.1, 0.15) is 5.84 Å². The van der Waals surface area contributed by atoms with Crippen molar-refractivity contribution in [1.82, 2.24) is 15.4 Å². The summed E-state index contributed by atoms with van der Waals surface area (Å²) in [6.07, 6.45) is 2.26. The van der Waals surface area contributed by atoms with Crippen molar-refractivity contribution in [1.29, 1.82) is 0 Å². The second kappa shape index (κ2) is 8.16. The van der Waals surface area contributed by atoms with Gasteiger partial charge in [0, 0.05) is 24.6 Å². The van der Waals surface area contributed by atoms with Crippen LogP contribution in [0.3, 0.4) is 0 Å². The molecule has 0 aliphatic carbocycles. The van der Waals surface area contributed by atoms with Gasteiger partial charge >= 0.3 is 0 Å². The molecule has 2 atom stereocenters. The Balaban J connectivity index is 0.00000225. The van der Waals surface area contributed by atoms with Crippen LogP contribution in [-0.2, 0) is 14.8 Å².